The fourth-order valence-corrected chi connectivity index (χ4v) is 5.54. The normalized spacial score (nSPS) is 17.8. The quantitative estimate of drug-likeness (QED) is 0.0483. The van der Waals surface area contributed by atoms with Crippen molar-refractivity contribution in [1.82, 2.24) is 0 Å². The van der Waals surface area contributed by atoms with Crippen LogP contribution in [0.15, 0.2) is 36.5 Å². The number of rotatable bonds is 29. The van der Waals surface area contributed by atoms with Crippen molar-refractivity contribution in [3.63, 3.8) is 0 Å². The third kappa shape index (κ3) is 22.0. The molecule has 0 aliphatic heterocycles. The molecule has 1 aliphatic carbocycles. The summed E-state index contributed by atoms with van der Waals surface area (Å²) >= 11 is 0. The van der Waals surface area contributed by atoms with Gasteiger partial charge in [0.05, 0.1) is 12.7 Å². The molecule has 0 fully saturated rings. The van der Waals surface area contributed by atoms with Crippen LogP contribution in [-0.4, -0.2) is 53.4 Å². The van der Waals surface area contributed by atoms with Crippen molar-refractivity contribution in [2.24, 2.45) is 11.8 Å². The zero-order valence-electron chi connectivity index (χ0n) is 28.5. The number of unbranched alkanes of at least 4 members (excludes halogenated alkanes) is 14. The Balaban J connectivity index is 2.12. The zero-order valence-corrected chi connectivity index (χ0v) is 28.5. The predicted octanol–water partition coefficient (Wildman–Crippen LogP) is 8.51. The van der Waals surface area contributed by atoms with Gasteiger partial charge in [-0.2, -0.15) is 0 Å². The van der Waals surface area contributed by atoms with Gasteiger partial charge in [0.25, 0.3) is 0 Å². The minimum absolute atomic E-state index is 0.0735. The standard InChI is InChI=1S/C38H64O7/c1-3-5-7-8-9-10-11-12-13-14-15-21-25-38(43)45-34(30-39)31-44-37(42)24-20-17-16-19-22-32-26-29-36(41)35(32)28-27-33(40)23-18-6-4-2/h16,19,26-29,32-35,39-40H,3-15,17-18,20-25,30-31H2,1-2H3/b19-16-,28-27+/t32-,33-,34-,35+/m0/s1. The molecule has 258 valence electrons. The monoisotopic (exact) mass is 632 g/mol. The van der Waals surface area contributed by atoms with Crippen LogP contribution in [0.3, 0.4) is 0 Å². The molecule has 0 radical (unpaired) electrons. The van der Waals surface area contributed by atoms with E-state index in [1.165, 1.54) is 57.8 Å². The molecule has 7 nitrogen and oxygen atoms in total. The average Bonchev–Trinajstić information content (AvgIpc) is 3.38. The molecule has 0 unspecified atom stereocenters. The third-order valence-electron chi connectivity index (χ3n) is 8.43. The Hall–Kier alpha value is -2.25. The molecule has 2 N–H and O–H groups in total. The van der Waals surface area contributed by atoms with Crippen molar-refractivity contribution in [3.05, 3.63) is 36.5 Å². The van der Waals surface area contributed by atoms with Crippen LogP contribution in [-0.2, 0) is 23.9 Å². The second kappa shape index (κ2) is 28.0. The molecule has 7 heteroatoms. The topological polar surface area (TPSA) is 110 Å². The second-order valence-electron chi connectivity index (χ2n) is 12.6. The van der Waals surface area contributed by atoms with Crippen molar-refractivity contribution in [1.29, 1.82) is 0 Å². The van der Waals surface area contributed by atoms with Gasteiger partial charge in [-0.25, -0.2) is 0 Å². The highest BCUT2D eigenvalue weighted by Crippen LogP contribution is 2.27. The number of hydrogen-bond acceptors (Lipinski definition) is 7. The number of aliphatic hydroxyl groups excluding tert-OH is 2. The summed E-state index contributed by atoms with van der Waals surface area (Å²) in [6, 6.07) is 0. The van der Waals surface area contributed by atoms with Gasteiger partial charge in [0.2, 0.25) is 0 Å². The van der Waals surface area contributed by atoms with Crippen LogP contribution in [0.25, 0.3) is 0 Å². The van der Waals surface area contributed by atoms with E-state index in [-0.39, 0.29) is 49.2 Å². The number of allylic oxidation sites excluding steroid dienone is 5. The molecule has 4 atom stereocenters. The number of ether oxygens (including phenoxy) is 2. The summed E-state index contributed by atoms with van der Waals surface area (Å²) in [6.07, 6.45) is 31.1. The lowest BCUT2D eigenvalue weighted by atomic mass is 9.90. The summed E-state index contributed by atoms with van der Waals surface area (Å²) in [4.78, 5) is 36.5. The van der Waals surface area contributed by atoms with Gasteiger partial charge in [0.1, 0.15) is 6.61 Å². The molecule has 0 amide bonds. The third-order valence-corrected chi connectivity index (χ3v) is 8.43. The van der Waals surface area contributed by atoms with Crippen LogP contribution in [0.2, 0.25) is 0 Å². The van der Waals surface area contributed by atoms with E-state index in [9.17, 15) is 24.6 Å². The van der Waals surface area contributed by atoms with E-state index in [1.54, 1.807) is 12.2 Å². The number of ketones is 1. The minimum atomic E-state index is -0.833. The van der Waals surface area contributed by atoms with Crippen molar-refractivity contribution >= 4 is 17.7 Å². The molecule has 0 saturated carbocycles. The van der Waals surface area contributed by atoms with Crippen LogP contribution < -0.4 is 0 Å². The van der Waals surface area contributed by atoms with Gasteiger partial charge in [-0.05, 0) is 44.1 Å². The summed E-state index contributed by atoms with van der Waals surface area (Å²) in [7, 11) is 0. The molecule has 0 aromatic rings. The highest BCUT2D eigenvalue weighted by molar-refractivity contribution is 5.95. The first kappa shape index (κ1) is 40.8. The summed E-state index contributed by atoms with van der Waals surface area (Å²) in [5.41, 5.74) is 0. The van der Waals surface area contributed by atoms with E-state index in [4.69, 9.17) is 9.47 Å². The maximum absolute atomic E-state index is 12.3. The lowest BCUT2D eigenvalue weighted by Gasteiger charge is -2.15. The van der Waals surface area contributed by atoms with Crippen LogP contribution >= 0.6 is 0 Å². The van der Waals surface area contributed by atoms with Crippen LogP contribution in [0.5, 0.6) is 0 Å². The first-order valence-corrected chi connectivity index (χ1v) is 18.1. The molecule has 0 spiro atoms. The predicted molar refractivity (Wildman–Crippen MR) is 182 cm³/mol. The van der Waals surface area contributed by atoms with Gasteiger partial charge in [0.15, 0.2) is 11.9 Å². The molecule has 0 bridgehead atoms. The molecule has 0 aromatic carbocycles. The van der Waals surface area contributed by atoms with E-state index < -0.39 is 12.2 Å². The van der Waals surface area contributed by atoms with E-state index in [1.807, 2.05) is 24.3 Å². The van der Waals surface area contributed by atoms with Crippen LogP contribution in [0.1, 0.15) is 149 Å². The molecule has 1 aliphatic rings. The first-order valence-electron chi connectivity index (χ1n) is 18.1. The average molecular weight is 633 g/mol. The molecule has 0 saturated heterocycles. The Kier molecular flexibility index (Phi) is 25.4. The number of carbonyl (C=O) groups excluding carboxylic acids is 3. The lowest BCUT2D eigenvalue weighted by Crippen LogP contribution is -2.28. The van der Waals surface area contributed by atoms with Gasteiger partial charge in [-0.1, -0.05) is 134 Å². The summed E-state index contributed by atoms with van der Waals surface area (Å²) in [5, 5.41) is 19.7. The number of aliphatic hydroxyl groups is 2. The summed E-state index contributed by atoms with van der Waals surface area (Å²) in [6.45, 7) is 3.85. The Labute approximate surface area is 273 Å². The smallest absolute Gasteiger partial charge is 0.306 e. The summed E-state index contributed by atoms with van der Waals surface area (Å²) < 4.78 is 10.5. The fourth-order valence-electron chi connectivity index (χ4n) is 5.54. The van der Waals surface area contributed by atoms with Crippen molar-refractivity contribution in [2.45, 2.75) is 161 Å². The van der Waals surface area contributed by atoms with Crippen LogP contribution in [0, 0.1) is 11.8 Å². The number of hydrogen-bond donors (Lipinski definition) is 2. The number of esters is 2. The maximum atomic E-state index is 12.3. The summed E-state index contributed by atoms with van der Waals surface area (Å²) in [5.74, 6) is -0.823. The van der Waals surface area contributed by atoms with Gasteiger partial charge >= 0.3 is 11.9 Å². The Morgan fingerprint density at radius 1 is 0.822 bits per heavy atom. The van der Waals surface area contributed by atoms with E-state index in [2.05, 4.69) is 13.8 Å². The van der Waals surface area contributed by atoms with Gasteiger partial charge in [-0.15, -0.1) is 0 Å². The Morgan fingerprint density at radius 3 is 2.07 bits per heavy atom. The molecular formula is C38H64O7. The molecular weight excluding hydrogens is 568 g/mol. The lowest BCUT2D eigenvalue weighted by molar-refractivity contribution is -0.161. The Morgan fingerprint density at radius 2 is 1.42 bits per heavy atom. The van der Waals surface area contributed by atoms with Gasteiger partial charge in [-0.3, -0.25) is 14.4 Å². The van der Waals surface area contributed by atoms with Crippen molar-refractivity contribution in [3.8, 4) is 0 Å². The molecule has 45 heavy (non-hydrogen) atoms. The van der Waals surface area contributed by atoms with Crippen molar-refractivity contribution < 1.29 is 34.1 Å². The highest BCUT2D eigenvalue weighted by Gasteiger charge is 2.27. The second-order valence-corrected chi connectivity index (χ2v) is 12.6. The maximum Gasteiger partial charge on any atom is 0.306 e. The molecule has 1 rings (SSSR count). The van der Waals surface area contributed by atoms with Gasteiger partial charge in [0, 0.05) is 18.8 Å². The van der Waals surface area contributed by atoms with E-state index in [0.29, 0.717) is 19.3 Å². The highest BCUT2D eigenvalue weighted by atomic mass is 16.6. The largest absolute Gasteiger partial charge is 0.462 e. The number of carbonyl (C=O) groups is 3. The Bertz CT molecular complexity index is 862. The van der Waals surface area contributed by atoms with E-state index in [0.717, 1.165) is 51.4 Å². The fraction of sp³-hybridized carbons (Fsp3) is 0.763. The molecule has 0 aromatic heterocycles. The minimum Gasteiger partial charge on any atom is -0.462 e. The zero-order chi connectivity index (χ0) is 33.0. The van der Waals surface area contributed by atoms with E-state index >= 15 is 0 Å². The van der Waals surface area contributed by atoms with Crippen molar-refractivity contribution in [2.75, 3.05) is 13.2 Å². The SMILES string of the molecule is CCCCCCCCCCCCCCC(=O)O[C@@H](CO)COC(=O)CCC/C=C\C[C@H]1C=CC(=O)[C@@H]1/C=C/[C@@H](O)CCCCC. The molecule has 0 heterocycles. The van der Waals surface area contributed by atoms with Crippen LogP contribution in [0.4, 0.5) is 0 Å². The van der Waals surface area contributed by atoms with Gasteiger partial charge < -0.3 is 19.7 Å². The first-order chi connectivity index (χ1) is 21.9.